The highest BCUT2D eigenvalue weighted by Crippen LogP contribution is 2.30. The first-order valence-electron chi connectivity index (χ1n) is 10.1. The number of likely N-dealkylation sites (tertiary alicyclic amines) is 1. The number of piperidine rings is 1. The minimum atomic E-state index is 0.0591. The predicted molar refractivity (Wildman–Crippen MR) is 112 cm³/mol. The molecule has 1 fully saturated rings. The van der Waals surface area contributed by atoms with E-state index in [0.717, 1.165) is 55.8 Å². The molecule has 1 aliphatic rings. The number of hydrogen-bond acceptors (Lipinski definition) is 4. The van der Waals surface area contributed by atoms with E-state index in [0.29, 0.717) is 5.92 Å². The van der Waals surface area contributed by atoms with Crippen molar-refractivity contribution in [2.45, 2.75) is 32.2 Å². The molecule has 28 heavy (non-hydrogen) atoms. The minimum absolute atomic E-state index is 0.0591. The molecule has 0 spiro atoms. The third-order valence-electron chi connectivity index (χ3n) is 5.73. The maximum absolute atomic E-state index is 11.7. The molecule has 2 aromatic rings. The summed E-state index contributed by atoms with van der Waals surface area (Å²) in [6.07, 6.45) is 5.20. The fraction of sp³-hybridized carbons (Fsp3) is 0.458. The third-order valence-corrected chi connectivity index (χ3v) is 5.73. The third kappa shape index (κ3) is 5.59. The van der Waals surface area contributed by atoms with E-state index in [2.05, 4.69) is 35.2 Å². The Morgan fingerprint density at radius 1 is 1.00 bits per heavy atom. The van der Waals surface area contributed by atoms with E-state index < -0.39 is 0 Å². The maximum Gasteiger partial charge on any atom is 0.160 e. The van der Waals surface area contributed by atoms with Gasteiger partial charge < -0.3 is 14.3 Å². The maximum atomic E-state index is 11.7. The minimum Gasteiger partial charge on any atom is -0.493 e. The van der Waals surface area contributed by atoms with Crippen LogP contribution in [0.3, 0.4) is 0 Å². The van der Waals surface area contributed by atoms with Crippen molar-refractivity contribution in [1.29, 1.82) is 0 Å². The molecule has 2 aromatic carbocycles. The van der Waals surface area contributed by atoms with Gasteiger partial charge in [-0.25, -0.2) is 0 Å². The molecule has 0 aliphatic carbocycles. The molecule has 0 amide bonds. The lowest BCUT2D eigenvalue weighted by Gasteiger charge is -2.33. The molecule has 0 bridgehead atoms. The summed E-state index contributed by atoms with van der Waals surface area (Å²) < 4.78 is 10.7. The molecule has 1 saturated heterocycles. The van der Waals surface area contributed by atoms with Crippen molar-refractivity contribution >= 4 is 6.29 Å². The lowest BCUT2D eigenvalue weighted by molar-refractivity contribution is -0.111. The standard InChI is InChI=1S/C24H31NO3/c1-27-23-9-8-21(16-24(23)28-2)15-22(18-26)14-19-10-12-25(13-11-19)17-20-6-4-3-5-7-20/h3-9,16,18-19,22H,10-15,17H2,1-2H3. The average Bonchev–Trinajstić information content (AvgIpc) is 2.75. The summed E-state index contributed by atoms with van der Waals surface area (Å²) >= 11 is 0. The fourth-order valence-corrected chi connectivity index (χ4v) is 4.15. The number of carbonyl (C=O) groups excluding carboxylic acids is 1. The van der Waals surface area contributed by atoms with Crippen LogP contribution in [0.1, 0.15) is 30.4 Å². The van der Waals surface area contributed by atoms with Crippen molar-refractivity contribution in [2.24, 2.45) is 11.8 Å². The molecule has 0 aromatic heterocycles. The van der Waals surface area contributed by atoms with Crippen LogP contribution in [0.15, 0.2) is 48.5 Å². The zero-order chi connectivity index (χ0) is 19.8. The van der Waals surface area contributed by atoms with Crippen LogP contribution in [-0.4, -0.2) is 38.5 Å². The molecular weight excluding hydrogens is 350 g/mol. The van der Waals surface area contributed by atoms with E-state index in [1.807, 2.05) is 18.2 Å². The van der Waals surface area contributed by atoms with Gasteiger partial charge in [-0.05, 0) is 68.0 Å². The Morgan fingerprint density at radius 3 is 2.36 bits per heavy atom. The molecular formula is C24H31NO3. The lowest BCUT2D eigenvalue weighted by atomic mass is 9.85. The van der Waals surface area contributed by atoms with Gasteiger partial charge >= 0.3 is 0 Å². The van der Waals surface area contributed by atoms with Crippen LogP contribution in [0.2, 0.25) is 0 Å². The number of aldehydes is 1. The van der Waals surface area contributed by atoms with E-state index in [1.54, 1.807) is 14.2 Å². The van der Waals surface area contributed by atoms with Gasteiger partial charge in [0, 0.05) is 12.5 Å². The molecule has 1 unspecified atom stereocenters. The number of methoxy groups -OCH3 is 2. The quantitative estimate of drug-likeness (QED) is 0.605. The van der Waals surface area contributed by atoms with Crippen molar-refractivity contribution in [2.75, 3.05) is 27.3 Å². The summed E-state index contributed by atoms with van der Waals surface area (Å²) in [7, 11) is 3.28. The van der Waals surface area contributed by atoms with Crippen LogP contribution >= 0.6 is 0 Å². The smallest absolute Gasteiger partial charge is 0.160 e. The second-order valence-electron chi connectivity index (χ2n) is 7.73. The summed E-state index contributed by atoms with van der Waals surface area (Å²) in [5, 5.41) is 0. The van der Waals surface area contributed by atoms with Gasteiger partial charge in [-0.15, -0.1) is 0 Å². The number of ether oxygens (including phenoxy) is 2. The number of nitrogens with zero attached hydrogens (tertiary/aromatic N) is 1. The summed E-state index contributed by atoms with van der Waals surface area (Å²) in [4.78, 5) is 14.2. The molecule has 0 N–H and O–H groups in total. The highest BCUT2D eigenvalue weighted by molar-refractivity contribution is 5.55. The Hall–Kier alpha value is -2.33. The van der Waals surface area contributed by atoms with Gasteiger partial charge in [0.2, 0.25) is 0 Å². The summed E-state index contributed by atoms with van der Waals surface area (Å²) in [5.41, 5.74) is 2.50. The van der Waals surface area contributed by atoms with Crippen molar-refractivity contribution in [3.05, 3.63) is 59.7 Å². The van der Waals surface area contributed by atoms with Gasteiger partial charge in [0.05, 0.1) is 14.2 Å². The Morgan fingerprint density at radius 2 is 1.71 bits per heavy atom. The van der Waals surface area contributed by atoms with Crippen LogP contribution in [0, 0.1) is 11.8 Å². The van der Waals surface area contributed by atoms with Gasteiger partial charge in [-0.3, -0.25) is 4.90 Å². The van der Waals surface area contributed by atoms with Gasteiger partial charge in [0.25, 0.3) is 0 Å². The van der Waals surface area contributed by atoms with E-state index >= 15 is 0 Å². The van der Waals surface area contributed by atoms with Crippen LogP contribution in [-0.2, 0) is 17.8 Å². The summed E-state index contributed by atoms with van der Waals surface area (Å²) in [5.74, 6) is 2.13. The van der Waals surface area contributed by atoms with Crippen molar-refractivity contribution < 1.29 is 14.3 Å². The van der Waals surface area contributed by atoms with Crippen molar-refractivity contribution in [1.82, 2.24) is 4.90 Å². The van der Waals surface area contributed by atoms with Crippen molar-refractivity contribution in [3.63, 3.8) is 0 Å². The second-order valence-corrected chi connectivity index (χ2v) is 7.73. The topological polar surface area (TPSA) is 38.8 Å². The number of rotatable bonds is 9. The number of benzene rings is 2. The predicted octanol–water partition coefficient (Wildman–Crippen LogP) is 4.36. The second kappa shape index (κ2) is 10.3. The number of carbonyl (C=O) groups is 1. The van der Waals surface area contributed by atoms with Crippen LogP contribution in [0.5, 0.6) is 11.5 Å². The molecule has 3 rings (SSSR count). The molecule has 150 valence electrons. The first-order chi connectivity index (χ1) is 13.7. The Kier molecular flexibility index (Phi) is 7.49. The van der Waals surface area contributed by atoms with E-state index in [9.17, 15) is 4.79 Å². The Labute approximate surface area is 168 Å². The van der Waals surface area contributed by atoms with Crippen LogP contribution in [0.4, 0.5) is 0 Å². The van der Waals surface area contributed by atoms with E-state index in [1.165, 1.54) is 18.4 Å². The Balaban J connectivity index is 1.50. The molecule has 0 radical (unpaired) electrons. The van der Waals surface area contributed by atoms with Crippen molar-refractivity contribution in [3.8, 4) is 11.5 Å². The first kappa shape index (κ1) is 20.4. The first-order valence-corrected chi connectivity index (χ1v) is 10.1. The zero-order valence-corrected chi connectivity index (χ0v) is 17.0. The van der Waals surface area contributed by atoms with Gasteiger partial charge in [-0.2, -0.15) is 0 Å². The molecule has 1 heterocycles. The van der Waals surface area contributed by atoms with Crippen LogP contribution in [0.25, 0.3) is 0 Å². The highest BCUT2D eigenvalue weighted by Gasteiger charge is 2.23. The summed E-state index contributed by atoms with van der Waals surface area (Å²) in [6, 6.07) is 16.6. The average molecular weight is 382 g/mol. The van der Waals surface area contributed by atoms with Gasteiger partial charge in [-0.1, -0.05) is 36.4 Å². The normalized spacial score (nSPS) is 16.5. The molecule has 1 atom stereocenters. The molecule has 4 heteroatoms. The SMILES string of the molecule is COc1ccc(CC(C=O)CC2CCN(Cc3ccccc3)CC2)cc1OC. The molecule has 4 nitrogen and oxygen atoms in total. The lowest BCUT2D eigenvalue weighted by Crippen LogP contribution is -2.34. The monoisotopic (exact) mass is 381 g/mol. The van der Waals surface area contributed by atoms with E-state index in [-0.39, 0.29) is 5.92 Å². The highest BCUT2D eigenvalue weighted by atomic mass is 16.5. The van der Waals surface area contributed by atoms with E-state index in [4.69, 9.17) is 9.47 Å². The molecule has 0 saturated carbocycles. The fourth-order valence-electron chi connectivity index (χ4n) is 4.15. The summed E-state index contributed by atoms with van der Waals surface area (Å²) in [6.45, 7) is 3.25. The largest absolute Gasteiger partial charge is 0.493 e. The van der Waals surface area contributed by atoms with Crippen LogP contribution < -0.4 is 9.47 Å². The van der Waals surface area contributed by atoms with Gasteiger partial charge in [0.15, 0.2) is 11.5 Å². The number of hydrogen-bond donors (Lipinski definition) is 0. The zero-order valence-electron chi connectivity index (χ0n) is 17.0. The van der Waals surface area contributed by atoms with Gasteiger partial charge in [0.1, 0.15) is 6.29 Å². The Bertz CT molecular complexity index is 739. The molecule has 1 aliphatic heterocycles.